The van der Waals surface area contributed by atoms with Crippen LogP contribution in [0.15, 0.2) is 36.5 Å². The molecule has 1 fully saturated rings. The first-order valence-electron chi connectivity index (χ1n) is 7.94. The number of carbonyl (C=O) groups is 1. The van der Waals surface area contributed by atoms with E-state index in [0.717, 1.165) is 6.20 Å². The SMILES string of the molecule is CC1(O)CCN(C(=O)c2cnc(Nc3ccccc3)nc2C(F)(F)F)C1. The lowest BCUT2D eigenvalue weighted by molar-refractivity contribution is -0.141. The zero-order valence-electron chi connectivity index (χ0n) is 13.9. The number of para-hydroxylation sites is 1. The van der Waals surface area contributed by atoms with Crippen LogP contribution in [0.5, 0.6) is 0 Å². The first-order chi connectivity index (χ1) is 12.2. The first kappa shape index (κ1) is 18.1. The monoisotopic (exact) mass is 366 g/mol. The van der Waals surface area contributed by atoms with E-state index in [4.69, 9.17) is 0 Å². The quantitative estimate of drug-likeness (QED) is 0.873. The van der Waals surface area contributed by atoms with E-state index in [9.17, 15) is 23.1 Å². The van der Waals surface area contributed by atoms with Crippen molar-refractivity contribution in [1.29, 1.82) is 0 Å². The average molecular weight is 366 g/mol. The predicted octanol–water partition coefficient (Wildman–Crippen LogP) is 2.84. The summed E-state index contributed by atoms with van der Waals surface area (Å²) in [7, 11) is 0. The molecule has 1 unspecified atom stereocenters. The highest BCUT2D eigenvalue weighted by molar-refractivity contribution is 5.95. The van der Waals surface area contributed by atoms with Crippen molar-refractivity contribution in [3.05, 3.63) is 47.8 Å². The van der Waals surface area contributed by atoms with Crippen LogP contribution in [0.3, 0.4) is 0 Å². The predicted molar refractivity (Wildman–Crippen MR) is 87.9 cm³/mol. The van der Waals surface area contributed by atoms with Gasteiger partial charge in [0.25, 0.3) is 5.91 Å². The zero-order chi connectivity index (χ0) is 18.9. The van der Waals surface area contributed by atoms with Gasteiger partial charge in [0.2, 0.25) is 5.95 Å². The Bertz CT molecular complexity index is 809. The molecule has 9 heteroatoms. The van der Waals surface area contributed by atoms with Gasteiger partial charge in [0.1, 0.15) is 0 Å². The van der Waals surface area contributed by atoms with Crippen molar-refractivity contribution < 1.29 is 23.1 Å². The minimum Gasteiger partial charge on any atom is -0.388 e. The molecule has 1 saturated heterocycles. The van der Waals surface area contributed by atoms with E-state index < -0.39 is 28.9 Å². The van der Waals surface area contributed by atoms with Crippen molar-refractivity contribution in [2.45, 2.75) is 25.1 Å². The van der Waals surface area contributed by atoms with Crippen LogP contribution in [0.2, 0.25) is 0 Å². The molecule has 6 nitrogen and oxygen atoms in total. The molecule has 1 aromatic carbocycles. The van der Waals surface area contributed by atoms with Crippen molar-refractivity contribution in [1.82, 2.24) is 14.9 Å². The van der Waals surface area contributed by atoms with Crippen LogP contribution in [-0.2, 0) is 6.18 Å². The molecule has 1 aliphatic rings. The van der Waals surface area contributed by atoms with Crippen molar-refractivity contribution in [2.24, 2.45) is 0 Å². The maximum Gasteiger partial charge on any atom is 0.434 e. The minimum atomic E-state index is -4.82. The smallest absolute Gasteiger partial charge is 0.388 e. The van der Waals surface area contributed by atoms with Gasteiger partial charge in [-0.2, -0.15) is 13.2 Å². The molecule has 2 heterocycles. The summed E-state index contributed by atoms with van der Waals surface area (Å²) in [6.45, 7) is 1.68. The van der Waals surface area contributed by atoms with E-state index in [0.29, 0.717) is 12.1 Å². The van der Waals surface area contributed by atoms with E-state index in [1.54, 1.807) is 30.3 Å². The summed E-state index contributed by atoms with van der Waals surface area (Å²) in [5.41, 5.74) is -2.52. The number of β-amino-alcohol motifs (C(OH)–C–C–N with tert-alkyl or cyclic N) is 1. The number of nitrogens with zero attached hydrogens (tertiary/aromatic N) is 3. The molecule has 138 valence electrons. The number of anilines is 2. The van der Waals surface area contributed by atoms with Gasteiger partial charge in [0.05, 0.1) is 11.2 Å². The second-order valence-corrected chi connectivity index (χ2v) is 6.42. The molecule has 2 aromatic rings. The van der Waals surface area contributed by atoms with Crippen molar-refractivity contribution in [3.8, 4) is 0 Å². The number of hydrogen-bond acceptors (Lipinski definition) is 5. The van der Waals surface area contributed by atoms with Crippen LogP contribution in [0.4, 0.5) is 24.8 Å². The van der Waals surface area contributed by atoms with Gasteiger partial charge in [-0.1, -0.05) is 18.2 Å². The number of alkyl halides is 3. The minimum absolute atomic E-state index is 0.0346. The number of hydrogen-bond donors (Lipinski definition) is 2. The number of aromatic nitrogens is 2. The topological polar surface area (TPSA) is 78.3 Å². The number of carbonyl (C=O) groups excluding carboxylic acids is 1. The highest BCUT2D eigenvalue weighted by atomic mass is 19.4. The Labute approximate surface area is 147 Å². The Morgan fingerprint density at radius 2 is 2.00 bits per heavy atom. The maximum atomic E-state index is 13.4. The van der Waals surface area contributed by atoms with Gasteiger partial charge in [-0.3, -0.25) is 4.79 Å². The Balaban J connectivity index is 1.91. The Morgan fingerprint density at radius 1 is 1.31 bits per heavy atom. The van der Waals surface area contributed by atoms with E-state index in [2.05, 4.69) is 15.3 Å². The fourth-order valence-corrected chi connectivity index (χ4v) is 2.75. The van der Waals surface area contributed by atoms with Gasteiger partial charge in [-0.05, 0) is 25.5 Å². The number of rotatable bonds is 3. The van der Waals surface area contributed by atoms with Gasteiger partial charge in [-0.15, -0.1) is 0 Å². The molecule has 26 heavy (non-hydrogen) atoms. The maximum absolute atomic E-state index is 13.4. The average Bonchev–Trinajstić information content (AvgIpc) is 2.94. The lowest BCUT2D eigenvalue weighted by Crippen LogP contribution is -2.35. The molecular formula is C17H17F3N4O2. The first-order valence-corrected chi connectivity index (χ1v) is 7.94. The summed E-state index contributed by atoms with van der Waals surface area (Å²) in [5.74, 6) is -1.10. The summed E-state index contributed by atoms with van der Waals surface area (Å²) >= 11 is 0. The third-order valence-corrected chi connectivity index (χ3v) is 4.06. The van der Waals surface area contributed by atoms with Crippen molar-refractivity contribution in [2.75, 3.05) is 18.4 Å². The molecule has 0 bridgehead atoms. The van der Waals surface area contributed by atoms with Crippen LogP contribution in [-0.4, -0.2) is 44.6 Å². The summed E-state index contributed by atoms with van der Waals surface area (Å²) in [6.07, 6.45) is -3.64. The van der Waals surface area contributed by atoms with Crippen LogP contribution < -0.4 is 5.32 Å². The van der Waals surface area contributed by atoms with Crippen LogP contribution in [0.25, 0.3) is 0 Å². The largest absolute Gasteiger partial charge is 0.434 e. The summed E-state index contributed by atoms with van der Waals surface area (Å²) in [6, 6.07) is 8.50. The molecule has 0 aliphatic carbocycles. The number of benzene rings is 1. The molecule has 1 atom stereocenters. The number of aliphatic hydroxyl groups is 1. The van der Waals surface area contributed by atoms with Crippen LogP contribution in [0.1, 0.15) is 29.4 Å². The Hall–Kier alpha value is -2.68. The number of halogens is 3. The normalized spacial score (nSPS) is 20.3. The lowest BCUT2D eigenvalue weighted by atomic mass is 10.1. The van der Waals surface area contributed by atoms with Gasteiger partial charge < -0.3 is 15.3 Å². The summed E-state index contributed by atoms with van der Waals surface area (Å²) in [5, 5.41) is 12.6. The number of likely N-dealkylation sites (tertiary alicyclic amines) is 1. The standard InChI is InChI=1S/C17H17F3N4O2/c1-16(26)7-8-24(10-16)14(25)12-9-21-15(23-13(12)17(18,19)20)22-11-5-3-2-4-6-11/h2-6,9,26H,7-8,10H2,1H3,(H,21,22,23). The van der Waals surface area contributed by atoms with Gasteiger partial charge in [0.15, 0.2) is 5.69 Å². The van der Waals surface area contributed by atoms with Gasteiger partial charge in [0, 0.05) is 25.0 Å². The van der Waals surface area contributed by atoms with E-state index in [1.165, 1.54) is 11.8 Å². The zero-order valence-corrected chi connectivity index (χ0v) is 13.9. The van der Waals surface area contributed by atoms with E-state index in [1.807, 2.05) is 0 Å². The second-order valence-electron chi connectivity index (χ2n) is 6.42. The third kappa shape index (κ3) is 3.93. The molecule has 3 rings (SSSR count). The van der Waals surface area contributed by atoms with E-state index >= 15 is 0 Å². The second kappa shape index (κ2) is 6.56. The molecule has 0 spiro atoms. The fraction of sp³-hybridized carbons (Fsp3) is 0.353. The van der Waals surface area contributed by atoms with Crippen LogP contribution >= 0.6 is 0 Å². The molecule has 1 aliphatic heterocycles. The van der Waals surface area contributed by atoms with Crippen molar-refractivity contribution in [3.63, 3.8) is 0 Å². The number of nitrogens with one attached hydrogen (secondary N) is 1. The summed E-state index contributed by atoms with van der Waals surface area (Å²) in [4.78, 5) is 21.0. The third-order valence-electron chi connectivity index (χ3n) is 4.06. The highest BCUT2D eigenvalue weighted by Crippen LogP contribution is 2.33. The molecule has 1 aromatic heterocycles. The molecular weight excluding hydrogens is 349 g/mol. The highest BCUT2D eigenvalue weighted by Gasteiger charge is 2.41. The van der Waals surface area contributed by atoms with E-state index in [-0.39, 0.29) is 19.0 Å². The van der Waals surface area contributed by atoms with Crippen LogP contribution in [0, 0.1) is 0 Å². The number of amides is 1. The molecule has 0 saturated carbocycles. The Morgan fingerprint density at radius 3 is 2.58 bits per heavy atom. The lowest BCUT2D eigenvalue weighted by Gasteiger charge is -2.20. The van der Waals surface area contributed by atoms with Crippen molar-refractivity contribution >= 4 is 17.5 Å². The fourth-order valence-electron chi connectivity index (χ4n) is 2.75. The Kier molecular flexibility index (Phi) is 4.57. The molecule has 0 radical (unpaired) electrons. The van der Waals surface area contributed by atoms with Gasteiger partial charge in [-0.25, -0.2) is 9.97 Å². The summed E-state index contributed by atoms with van der Waals surface area (Å²) < 4.78 is 40.3. The van der Waals surface area contributed by atoms with Gasteiger partial charge >= 0.3 is 6.18 Å². The molecule has 2 N–H and O–H groups in total. The molecule has 1 amide bonds.